The Labute approximate surface area is 217 Å². The third kappa shape index (κ3) is 9.52. The number of aromatic hydroxyl groups is 1. The summed E-state index contributed by atoms with van der Waals surface area (Å²) in [6.07, 6.45) is -1.09. The number of carboxylic acids is 2. The van der Waals surface area contributed by atoms with Gasteiger partial charge in [-0.1, -0.05) is 42.5 Å². The van der Waals surface area contributed by atoms with Crippen LogP contribution in [0.5, 0.6) is 5.75 Å². The fraction of sp³-hybridized carbons (Fsp3) is 0.320. The van der Waals surface area contributed by atoms with Crippen molar-refractivity contribution in [2.45, 2.75) is 43.4 Å². The SMILES string of the molecule is NC(CO)C(=O)NC(Cc1ccccc1)C(=O)NC(CC(=O)O)C(=O)NC(Cc1ccc(O)cc1)C(=O)O. The Morgan fingerprint density at radius 1 is 0.711 bits per heavy atom. The summed E-state index contributed by atoms with van der Waals surface area (Å²) in [5.74, 6) is -5.71. The standard InChI is InChI=1S/C25H30N4O9/c26-17(13-30)22(34)27-18(10-14-4-2-1-3-5-14)23(35)28-19(12-21(32)33)24(36)29-20(25(37)38)11-15-6-8-16(31)9-7-15/h1-9,17-20,30-31H,10-13,26H2,(H,27,34)(H,28,35)(H,29,36)(H,32,33)(H,37,38). The average Bonchev–Trinajstić information content (AvgIpc) is 2.88. The van der Waals surface area contributed by atoms with Crippen LogP contribution in [0.2, 0.25) is 0 Å². The summed E-state index contributed by atoms with van der Waals surface area (Å²) in [6, 6.07) is 8.34. The number of carbonyl (C=O) groups excluding carboxylic acids is 3. The van der Waals surface area contributed by atoms with Crippen LogP contribution in [0.4, 0.5) is 0 Å². The van der Waals surface area contributed by atoms with Gasteiger partial charge in [-0.15, -0.1) is 0 Å². The Morgan fingerprint density at radius 3 is 1.76 bits per heavy atom. The highest BCUT2D eigenvalue weighted by Crippen LogP contribution is 2.12. The molecule has 0 aliphatic heterocycles. The van der Waals surface area contributed by atoms with Crippen molar-refractivity contribution in [3.8, 4) is 5.75 Å². The number of aliphatic hydroxyl groups is 1. The summed E-state index contributed by atoms with van der Waals surface area (Å²) in [5.41, 5.74) is 6.62. The number of phenols is 1. The summed E-state index contributed by atoms with van der Waals surface area (Å²) >= 11 is 0. The van der Waals surface area contributed by atoms with Crippen molar-refractivity contribution < 1.29 is 44.4 Å². The van der Waals surface area contributed by atoms with Crippen molar-refractivity contribution in [1.82, 2.24) is 16.0 Å². The van der Waals surface area contributed by atoms with Gasteiger partial charge in [0.1, 0.15) is 29.9 Å². The van der Waals surface area contributed by atoms with E-state index in [1.165, 1.54) is 24.3 Å². The molecule has 2 aromatic rings. The van der Waals surface area contributed by atoms with Crippen molar-refractivity contribution >= 4 is 29.7 Å². The van der Waals surface area contributed by atoms with Crippen LogP contribution in [0.15, 0.2) is 54.6 Å². The second-order valence-electron chi connectivity index (χ2n) is 8.47. The molecule has 38 heavy (non-hydrogen) atoms. The van der Waals surface area contributed by atoms with Gasteiger partial charge in [0.25, 0.3) is 0 Å². The third-order valence-electron chi connectivity index (χ3n) is 5.45. The van der Waals surface area contributed by atoms with E-state index in [4.69, 9.17) is 10.8 Å². The Hall–Kier alpha value is -4.49. The summed E-state index contributed by atoms with van der Waals surface area (Å²) in [7, 11) is 0. The maximum atomic E-state index is 13.1. The zero-order valence-electron chi connectivity index (χ0n) is 20.2. The number of hydrogen-bond donors (Lipinski definition) is 8. The molecule has 0 fully saturated rings. The molecule has 0 saturated heterocycles. The van der Waals surface area contributed by atoms with Crippen LogP contribution in [0.1, 0.15) is 17.5 Å². The van der Waals surface area contributed by atoms with Gasteiger partial charge in [-0.2, -0.15) is 0 Å². The van der Waals surface area contributed by atoms with Gasteiger partial charge in [-0.25, -0.2) is 4.79 Å². The first-order chi connectivity index (χ1) is 18.0. The van der Waals surface area contributed by atoms with Crippen LogP contribution in [-0.4, -0.2) is 80.9 Å². The summed E-state index contributed by atoms with van der Waals surface area (Å²) in [4.78, 5) is 61.4. The van der Waals surface area contributed by atoms with Crippen LogP contribution in [0.3, 0.4) is 0 Å². The fourth-order valence-corrected chi connectivity index (χ4v) is 3.42. The molecule has 13 heteroatoms. The number of hydrogen-bond acceptors (Lipinski definition) is 8. The lowest BCUT2D eigenvalue weighted by molar-refractivity contribution is -0.143. The average molecular weight is 531 g/mol. The van der Waals surface area contributed by atoms with E-state index in [1.807, 2.05) is 0 Å². The van der Waals surface area contributed by atoms with Gasteiger partial charge in [-0.05, 0) is 23.3 Å². The quantitative estimate of drug-likeness (QED) is 0.141. The normalized spacial score (nSPS) is 13.8. The first-order valence-electron chi connectivity index (χ1n) is 11.5. The lowest BCUT2D eigenvalue weighted by Crippen LogP contribution is -2.58. The number of rotatable bonds is 14. The number of carboxylic acid groups (broad SMARTS) is 2. The van der Waals surface area contributed by atoms with Gasteiger partial charge < -0.3 is 42.1 Å². The van der Waals surface area contributed by atoms with E-state index in [0.717, 1.165) is 0 Å². The maximum Gasteiger partial charge on any atom is 0.326 e. The molecule has 204 valence electrons. The molecule has 0 aliphatic carbocycles. The van der Waals surface area contributed by atoms with Gasteiger partial charge in [0, 0.05) is 12.8 Å². The molecule has 4 unspecified atom stereocenters. The maximum absolute atomic E-state index is 13.1. The molecule has 3 amide bonds. The van der Waals surface area contributed by atoms with Gasteiger partial charge in [-0.3, -0.25) is 19.2 Å². The van der Waals surface area contributed by atoms with Crippen LogP contribution in [0, 0.1) is 0 Å². The molecule has 9 N–H and O–H groups in total. The van der Waals surface area contributed by atoms with Crippen LogP contribution in [0.25, 0.3) is 0 Å². The number of carbonyl (C=O) groups is 5. The van der Waals surface area contributed by atoms with E-state index in [2.05, 4.69) is 16.0 Å². The Morgan fingerprint density at radius 2 is 1.21 bits per heavy atom. The topological polar surface area (TPSA) is 228 Å². The lowest BCUT2D eigenvalue weighted by Gasteiger charge is -2.24. The van der Waals surface area contributed by atoms with Gasteiger partial charge in [0.2, 0.25) is 17.7 Å². The van der Waals surface area contributed by atoms with E-state index in [-0.39, 0.29) is 18.6 Å². The van der Waals surface area contributed by atoms with Crippen molar-refractivity contribution in [2.24, 2.45) is 5.73 Å². The predicted octanol–water partition coefficient (Wildman–Crippen LogP) is -1.49. The number of benzene rings is 2. The number of nitrogens with one attached hydrogen (secondary N) is 3. The second kappa shape index (κ2) is 14.3. The molecular formula is C25H30N4O9. The highest BCUT2D eigenvalue weighted by molar-refractivity contribution is 5.95. The van der Waals surface area contributed by atoms with Crippen molar-refractivity contribution in [3.63, 3.8) is 0 Å². The Kier molecular flexibility index (Phi) is 11.2. The van der Waals surface area contributed by atoms with Gasteiger partial charge in [0.05, 0.1) is 13.0 Å². The second-order valence-corrected chi connectivity index (χ2v) is 8.47. The first kappa shape index (κ1) is 29.7. The summed E-state index contributed by atoms with van der Waals surface area (Å²) < 4.78 is 0. The number of aliphatic carboxylic acids is 2. The Balaban J connectivity index is 2.21. The molecule has 4 atom stereocenters. The van der Waals surface area contributed by atoms with E-state index in [0.29, 0.717) is 11.1 Å². The number of amides is 3. The molecule has 0 saturated carbocycles. The predicted molar refractivity (Wildman–Crippen MR) is 133 cm³/mol. The van der Waals surface area contributed by atoms with E-state index < -0.39 is 66.9 Å². The monoisotopic (exact) mass is 530 g/mol. The Bertz CT molecular complexity index is 1130. The van der Waals surface area contributed by atoms with Crippen molar-refractivity contribution in [1.29, 1.82) is 0 Å². The van der Waals surface area contributed by atoms with Gasteiger partial charge in [0.15, 0.2) is 0 Å². The molecule has 2 aromatic carbocycles. The molecular weight excluding hydrogens is 500 g/mol. The molecule has 0 aromatic heterocycles. The first-order valence-corrected chi connectivity index (χ1v) is 11.5. The minimum absolute atomic E-state index is 0.0361. The van der Waals surface area contributed by atoms with E-state index >= 15 is 0 Å². The smallest absolute Gasteiger partial charge is 0.326 e. The van der Waals surface area contributed by atoms with Crippen LogP contribution < -0.4 is 21.7 Å². The van der Waals surface area contributed by atoms with Crippen LogP contribution >= 0.6 is 0 Å². The summed E-state index contributed by atoms with van der Waals surface area (Å²) in [5, 5.41) is 44.3. The van der Waals surface area contributed by atoms with Crippen LogP contribution in [-0.2, 0) is 36.8 Å². The van der Waals surface area contributed by atoms with Crippen molar-refractivity contribution in [2.75, 3.05) is 6.61 Å². The fourth-order valence-electron chi connectivity index (χ4n) is 3.42. The van der Waals surface area contributed by atoms with Crippen molar-refractivity contribution in [3.05, 3.63) is 65.7 Å². The van der Waals surface area contributed by atoms with E-state index in [1.54, 1.807) is 30.3 Å². The molecule has 13 nitrogen and oxygen atoms in total. The minimum Gasteiger partial charge on any atom is -0.508 e. The zero-order valence-corrected chi connectivity index (χ0v) is 20.2. The van der Waals surface area contributed by atoms with Gasteiger partial charge >= 0.3 is 11.9 Å². The number of phenolic OH excluding ortho intramolecular Hbond substituents is 1. The zero-order chi connectivity index (χ0) is 28.2. The number of nitrogens with two attached hydrogens (primary N) is 1. The molecule has 0 radical (unpaired) electrons. The summed E-state index contributed by atoms with van der Waals surface area (Å²) in [6.45, 7) is -0.687. The number of aliphatic hydroxyl groups excluding tert-OH is 1. The molecule has 2 rings (SSSR count). The van der Waals surface area contributed by atoms with E-state index in [9.17, 15) is 39.3 Å². The lowest BCUT2D eigenvalue weighted by atomic mass is 10.0. The molecule has 0 spiro atoms. The minimum atomic E-state index is -1.68. The molecule has 0 bridgehead atoms. The highest BCUT2D eigenvalue weighted by atomic mass is 16.4. The highest BCUT2D eigenvalue weighted by Gasteiger charge is 2.31. The molecule has 0 aliphatic rings. The largest absolute Gasteiger partial charge is 0.508 e. The molecule has 0 heterocycles. The third-order valence-corrected chi connectivity index (χ3v) is 5.45.